The van der Waals surface area contributed by atoms with Crippen molar-refractivity contribution in [2.45, 2.75) is 25.1 Å². The van der Waals surface area contributed by atoms with Gasteiger partial charge in [0.05, 0.1) is 5.56 Å². The molecule has 1 aromatic carbocycles. The van der Waals surface area contributed by atoms with E-state index in [1.807, 2.05) is 0 Å². The van der Waals surface area contributed by atoms with Crippen molar-refractivity contribution in [2.24, 2.45) is 11.7 Å². The Balaban J connectivity index is 2.32. The van der Waals surface area contributed by atoms with Gasteiger partial charge >= 0.3 is 6.18 Å². The van der Waals surface area contributed by atoms with E-state index < -0.39 is 17.8 Å². The molecule has 0 radical (unpaired) electrons. The smallest absolute Gasteiger partial charge is 0.381 e. The average molecular weight is 294 g/mol. The van der Waals surface area contributed by atoms with Crippen LogP contribution in [0.1, 0.15) is 30.0 Å². The molecule has 0 saturated carbocycles. The van der Waals surface area contributed by atoms with E-state index in [0.717, 1.165) is 6.07 Å². The number of halogens is 4. The van der Waals surface area contributed by atoms with E-state index in [1.54, 1.807) is 0 Å². The molecule has 0 bridgehead atoms. The Kier molecular flexibility index (Phi) is 4.38. The molecule has 2 rings (SSSR count). The lowest BCUT2D eigenvalue weighted by Crippen LogP contribution is -2.29. The fourth-order valence-corrected chi connectivity index (χ4v) is 2.57. The number of hydrogen-bond acceptors (Lipinski definition) is 2. The molecule has 1 atom stereocenters. The fourth-order valence-electron chi connectivity index (χ4n) is 2.39. The van der Waals surface area contributed by atoms with Crippen LogP contribution in [0.2, 0.25) is 5.02 Å². The molecule has 0 amide bonds. The van der Waals surface area contributed by atoms with Crippen LogP contribution in [0.4, 0.5) is 13.2 Å². The van der Waals surface area contributed by atoms with Crippen LogP contribution in [0.15, 0.2) is 18.2 Å². The van der Waals surface area contributed by atoms with Crippen LogP contribution < -0.4 is 5.73 Å². The third-order valence-corrected chi connectivity index (χ3v) is 3.69. The standard InChI is InChI=1S/C13H15ClF3NO/c14-9-1-2-10(11(7-9)13(15,16)17)12(18)8-3-5-19-6-4-8/h1-2,7-8,12H,3-6,18H2/t12-/m0/s1. The minimum atomic E-state index is -4.44. The summed E-state index contributed by atoms with van der Waals surface area (Å²) in [5.41, 5.74) is 5.40. The Morgan fingerprint density at radius 2 is 1.89 bits per heavy atom. The molecule has 1 aromatic rings. The second-order valence-electron chi connectivity index (χ2n) is 4.70. The molecular formula is C13H15ClF3NO. The van der Waals surface area contributed by atoms with Gasteiger partial charge in [0, 0.05) is 24.3 Å². The topological polar surface area (TPSA) is 35.2 Å². The first-order chi connectivity index (χ1) is 8.89. The number of ether oxygens (including phenoxy) is 1. The molecule has 1 saturated heterocycles. The SMILES string of the molecule is N[C@H](c1ccc(Cl)cc1C(F)(F)F)C1CCOCC1. The molecule has 1 aliphatic heterocycles. The first kappa shape index (κ1) is 14.6. The van der Waals surface area contributed by atoms with Gasteiger partial charge < -0.3 is 10.5 Å². The van der Waals surface area contributed by atoms with Gasteiger partial charge in [0.1, 0.15) is 0 Å². The lowest BCUT2D eigenvalue weighted by atomic mass is 9.85. The van der Waals surface area contributed by atoms with Crippen molar-refractivity contribution in [1.82, 2.24) is 0 Å². The number of nitrogens with two attached hydrogens (primary N) is 1. The lowest BCUT2D eigenvalue weighted by molar-refractivity contribution is -0.138. The Labute approximate surface area is 114 Å². The van der Waals surface area contributed by atoms with E-state index in [-0.39, 0.29) is 16.5 Å². The van der Waals surface area contributed by atoms with Gasteiger partial charge in [0.2, 0.25) is 0 Å². The lowest BCUT2D eigenvalue weighted by Gasteiger charge is -2.29. The van der Waals surface area contributed by atoms with Crippen molar-refractivity contribution >= 4 is 11.6 Å². The molecule has 0 unspecified atom stereocenters. The normalized spacial score (nSPS) is 19.4. The molecule has 0 aliphatic carbocycles. The van der Waals surface area contributed by atoms with E-state index in [9.17, 15) is 13.2 Å². The van der Waals surface area contributed by atoms with Crippen LogP contribution in [-0.2, 0) is 10.9 Å². The molecule has 1 fully saturated rings. The minimum absolute atomic E-state index is 0.0102. The van der Waals surface area contributed by atoms with Gasteiger partial charge in [-0.25, -0.2) is 0 Å². The van der Waals surface area contributed by atoms with Crippen molar-refractivity contribution in [3.05, 3.63) is 34.3 Å². The molecule has 6 heteroatoms. The summed E-state index contributed by atoms with van der Waals surface area (Å²) in [5.74, 6) is 0.0102. The molecular weight excluding hydrogens is 279 g/mol. The van der Waals surface area contributed by atoms with Gasteiger partial charge in [-0.3, -0.25) is 0 Å². The highest BCUT2D eigenvalue weighted by Crippen LogP contribution is 2.39. The molecule has 0 aromatic heterocycles. The molecule has 106 valence electrons. The number of hydrogen-bond donors (Lipinski definition) is 1. The zero-order valence-corrected chi connectivity index (χ0v) is 11.0. The maximum absolute atomic E-state index is 13.0. The van der Waals surface area contributed by atoms with Crippen LogP contribution >= 0.6 is 11.6 Å². The molecule has 2 N–H and O–H groups in total. The highest BCUT2D eigenvalue weighted by atomic mass is 35.5. The summed E-state index contributed by atoms with van der Waals surface area (Å²) in [6, 6.07) is 3.13. The van der Waals surface area contributed by atoms with Crippen LogP contribution in [0, 0.1) is 5.92 Å². The van der Waals surface area contributed by atoms with Crippen molar-refractivity contribution in [1.29, 1.82) is 0 Å². The van der Waals surface area contributed by atoms with Crippen molar-refractivity contribution < 1.29 is 17.9 Å². The Bertz CT molecular complexity index is 444. The Morgan fingerprint density at radius 1 is 1.26 bits per heavy atom. The first-order valence-electron chi connectivity index (χ1n) is 6.09. The molecule has 2 nitrogen and oxygen atoms in total. The number of rotatable bonds is 2. The van der Waals surface area contributed by atoms with Crippen molar-refractivity contribution in [2.75, 3.05) is 13.2 Å². The van der Waals surface area contributed by atoms with Gasteiger partial charge in [0.15, 0.2) is 0 Å². The predicted molar refractivity (Wildman–Crippen MR) is 66.9 cm³/mol. The average Bonchev–Trinajstić information content (AvgIpc) is 2.38. The summed E-state index contributed by atoms with van der Waals surface area (Å²) >= 11 is 5.65. The van der Waals surface area contributed by atoms with E-state index in [0.29, 0.717) is 26.1 Å². The van der Waals surface area contributed by atoms with E-state index in [4.69, 9.17) is 22.1 Å². The highest BCUT2D eigenvalue weighted by molar-refractivity contribution is 6.30. The molecule has 19 heavy (non-hydrogen) atoms. The van der Waals surface area contributed by atoms with Gasteiger partial charge in [-0.15, -0.1) is 0 Å². The Hall–Kier alpha value is -0.780. The van der Waals surface area contributed by atoms with E-state index >= 15 is 0 Å². The second kappa shape index (κ2) is 5.69. The van der Waals surface area contributed by atoms with Gasteiger partial charge in [-0.1, -0.05) is 17.7 Å². The summed E-state index contributed by atoms with van der Waals surface area (Å²) in [7, 11) is 0. The second-order valence-corrected chi connectivity index (χ2v) is 5.14. The van der Waals surface area contributed by atoms with Crippen LogP contribution in [-0.4, -0.2) is 13.2 Å². The summed E-state index contributed by atoms with van der Waals surface area (Å²) in [5, 5.41) is 0.0650. The first-order valence-corrected chi connectivity index (χ1v) is 6.47. The highest BCUT2D eigenvalue weighted by Gasteiger charge is 2.36. The third kappa shape index (κ3) is 3.41. The monoisotopic (exact) mass is 293 g/mol. The summed E-state index contributed by atoms with van der Waals surface area (Å²) in [6.45, 7) is 1.10. The number of alkyl halides is 3. The maximum Gasteiger partial charge on any atom is 0.416 e. The van der Waals surface area contributed by atoms with E-state index in [2.05, 4.69) is 0 Å². The quantitative estimate of drug-likeness (QED) is 0.900. The maximum atomic E-state index is 13.0. The minimum Gasteiger partial charge on any atom is -0.381 e. The van der Waals surface area contributed by atoms with Crippen LogP contribution in [0.5, 0.6) is 0 Å². The molecule has 0 spiro atoms. The van der Waals surface area contributed by atoms with Crippen LogP contribution in [0.25, 0.3) is 0 Å². The largest absolute Gasteiger partial charge is 0.416 e. The van der Waals surface area contributed by atoms with Crippen molar-refractivity contribution in [3.8, 4) is 0 Å². The molecule has 1 aliphatic rings. The van der Waals surface area contributed by atoms with Gasteiger partial charge in [-0.2, -0.15) is 13.2 Å². The summed E-state index contributed by atoms with van der Waals surface area (Å²) in [4.78, 5) is 0. The van der Waals surface area contributed by atoms with E-state index in [1.165, 1.54) is 12.1 Å². The van der Waals surface area contributed by atoms with Crippen LogP contribution in [0.3, 0.4) is 0 Å². The molecule has 1 heterocycles. The zero-order chi connectivity index (χ0) is 14.0. The third-order valence-electron chi connectivity index (χ3n) is 3.45. The van der Waals surface area contributed by atoms with Gasteiger partial charge in [-0.05, 0) is 36.5 Å². The number of benzene rings is 1. The van der Waals surface area contributed by atoms with Gasteiger partial charge in [0.25, 0.3) is 0 Å². The zero-order valence-electron chi connectivity index (χ0n) is 10.2. The fraction of sp³-hybridized carbons (Fsp3) is 0.538. The Morgan fingerprint density at radius 3 is 2.47 bits per heavy atom. The van der Waals surface area contributed by atoms with Crippen molar-refractivity contribution in [3.63, 3.8) is 0 Å². The predicted octanol–water partition coefficient (Wildman–Crippen LogP) is 3.79. The summed E-state index contributed by atoms with van der Waals surface area (Å²) < 4.78 is 44.3. The summed E-state index contributed by atoms with van der Waals surface area (Å²) in [6.07, 6.45) is -3.08.